The quantitative estimate of drug-likeness (QED) is 0.822. The Hall–Kier alpha value is -1.10. The summed E-state index contributed by atoms with van der Waals surface area (Å²) in [4.78, 5) is 4.74. The molecular weight excluding hydrogens is 226 g/mol. The van der Waals surface area contributed by atoms with Gasteiger partial charge in [-0.15, -0.1) is 0 Å². The third-order valence-electron chi connectivity index (χ3n) is 3.52. The van der Waals surface area contributed by atoms with E-state index in [0.29, 0.717) is 6.54 Å². The van der Waals surface area contributed by atoms with Crippen molar-refractivity contribution in [3.63, 3.8) is 0 Å². The Labute approximate surface area is 109 Å². The highest BCUT2D eigenvalue weighted by atomic mass is 16.3. The zero-order valence-electron chi connectivity index (χ0n) is 10.9. The highest BCUT2D eigenvalue weighted by molar-refractivity contribution is 5.48. The van der Waals surface area contributed by atoms with E-state index in [2.05, 4.69) is 34.1 Å². The van der Waals surface area contributed by atoms with Gasteiger partial charge in [0, 0.05) is 38.4 Å². The lowest BCUT2D eigenvalue weighted by molar-refractivity contribution is 0.204. The predicted molar refractivity (Wildman–Crippen MR) is 74.7 cm³/mol. The second-order valence-corrected chi connectivity index (χ2v) is 4.78. The Balaban J connectivity index is 2.00. The molecule has 2 rings (SSSR count). The van der Waals surface area contributed by atoms with Crippen molar-refractivity contribution >= 4 is 5.69 Å². The molecule has 0 atom stereocenters. The zero-order chi connectivity index (χ0) is 12.8. The first kappa shape index (κ1) is 13.3. The second-order valence-electron chi connectivity index (χ2n) is 4.78. The summed E-state index contributed by atoms with van der Waals surface area (Å²) in [5, 5.41) is 8.99. The van der Waals surface area contributed by atoms with Crippen LogP contribution in [0.2, 0.25) is 0 Å². The molecule has 1 heterocycles. The van der Waals surface area contributed by atoms with Gasteiger partial charge in [-0.1, -0.05) is 12.1 Å². The molecule has 1 aliphatic rings. The van der Waals surface area contributed by atoms with Crippen molar-refractivity contribution in [3.8, 4) is 0 Å². The maximum atomic E-state index is 8.99. The lowest BCUT2D eigenvalue weighted by Gasteiger charge is -2.23. The van der Waals surface area contributed by atoms with E-state index < -0.39 is 0 Å². The molecule has 0 saturated carbocycles. The first-order valence-electron chi connectivity index (χ1n) is 6.70. The van der Waals surface area contributed by atoms with Gasteiger partial charge in [0.25, 0.3) is 0 Å². The Morgan fingerprint density at radius 3 is 2.83 bits per heavy atom. The number of β-amino-alcohol motifs (C(OH)–C–C–N with tert-alkyl or cyclic N) is 1. The van der Waals surface area contributed by atoms with Crippen LogP contribution in [-0.2, 0) is 6.54 Å². The van der Waals surface area contributed by atoms with Crippen molar-refractivity contribution in [2.45, 2.75) is 13.0 Å². The van der Waals surface area contributed by atoms with Crippen molar-refractivity contribution in [3.05, 3.63) is 29.8 Å². The molecular formula is C14H23N3O. The smallest absolute Gasteiger partial charge is 0.0558 e. The molecule has 4 nitrogen and oxygen atoms in total. The maximum absolute atomic E-state index is 8.99. The second kappa shape index (κ2) is 6.73. The molecule has 0 bridgehead atoms. The minimum Gasteiger partial charge on any atom is -0.395 e. The fraction of sp³-hybridized carbons (Fsp3) is 0.571. The average molecular weight is 249 g/mol. The highest BCUT2D eigenvalue weighted by Crippen LogP contribution is 2.18. The van der Waals surface area contributed by atoms with Gasteiger partial charge in [0.15, 0.2) is 0 Å². The van der Waals surface area contributed by atoms with Crippen molar-refractivity contribution in [1.82, 2.24) is 4.90 Å². The van der Waals surface area contributed by atoms with E-state index >= 15 is 0 Å². The van der Waals surface area contributed by atoms with Crippen LogP contribution in [0.4, 0.5) is 5.69 Å². The first-order valence-corrected chi connectivity index (χ1v) is 6.70. The van der Waals surface area contributed by atoms with Gasteiger partial charge in [-0.2, -0.15) is 0 Å². The van der Waals surface area contributed by atoms with E-state index in [4.69, 9.17) is 10.8 Å². The van der Waals surface area contributed by atoms with Gasteiger partial charge in [-0.3, -0.25) is 4.90 Å². The number of aliphatic hydroxyl groups excluding tert-OH is 1. The van der Waals surface area contributed by atoms with Gasteiger partial charge >= 0.3 is 0 Å². The molecule has 0 spiro atoms. The number of benzene rings is 1. The van der Waals surface area contributed by atoms with Gasteiger partial charge in [-0.25, -0.2) is 0 Å². The van der Waals surface area contributed by atoms with E-state index in [0.717, 1.165) is 39.1 Å². The summed E-state index contributed by atoms with van der Waals surface area (Å²) in [6.07, 6.45) is 1.15. The minimum absolute atomic E-state index is 0.253. The van der Waals surface area contributed by atoms with Crippen LogP contribution >= 0.6 is 0 Å². The molecule has 0 radical (unpaired) electrons. The Morgan fingerprint density at radius 2 is 2.06 bits per heavy atom. The summed E-state index contributed by atoms with van der Waals surface area (Å²) in [7, 11) is 0. The van der Waals surface area contributed by atoms with Crippen molar-refractivity contribution < 1.29 is 5.11 Å². The topological polar surface area (TPSA) is 52.7 Å². The molecule has 0 unspecified atom stereocenters. The molecule has 1 fully saturated rings. The monoisotopic (exact) mass is 249 g/mol. The minimum atomic E-state index is 0.253. The molecule has 0 aromatic heterocycles. The van der Waals surface area contributed by atoms with Gasteiger partial charge < -0.3 is 15.7 Å². The van der Waals surface area contributed by atoms with Crippen LogP contribution in [0.3, 0.4) is 0 Å². The third-order valence-corrected chi connectivity index (χ3v) is 3.52. The summed E-state index contributed by atoms with van der Waals surface area (Å²) in [6, 6.07) is 8.48. The van der Waals surface area contributed by atoms with E-state index in [1.54, 1.807) is 0 Å². The predicted octanol–water partition coefficient (Wildman–Crippen LogP) is 0.650. The third kappa shape index (κ3) is 3.45. The normalized spacial score (nSPS) is 17.8. The fourth-order valence-electron chi connectivity index (χ4n) is 2.47. The lowest BCUT2D eigenvalue weighted by atomic mass is 10.2. The lowest BCUT2D eigenvalue weighted by Crippen LogP contribution is -2.32. The van der Waals surface area contributed by atoms with Gasteiger partial charge in [-0.05, 0) is 30.7 Å². The molecule has 1 aromatic rings. The SMILES string of the molecule is NCc1cccc(N2CCCN(CCO)CC2)c1. The van der Waals surface area contributed by atoms with Gasteiger partial charge in [0.1, 0.15) is 0 Å². The molecule has 100 valence electrons. The molecule has 18 heavy (non-hydrogen) atoms. The Kier molecular flexibility index (Phi) is 4.99. The van der Waals surface area contributed by atoms with Crippen LogP contribution in [0.5, 0.6) is 0 Å². The summed E-state index contributed by atoms with van der Waals surface area (Å²) in [5.41, 5.74) is 8.14. The average Bonchev–Trinajstić information content (AvgIpc) is 2.65. The van der Waals surface area contributed by atoms with E-state index in [9.17, 15) is 0 Å². The number of anilines is 1. The first-order chi connectivity index (χ1) is 8.83. The number of hydrogen-bond donors (Lipinski definition) is 2. The van der Waals surface area contributed by atoms with Crippen molar-refractivity contribution in [2.75, 3.05) is 44.2 Å². The molecule has 0 amide bonds. The van der Waals surface area contributed by atoms with Crippen molar-refractivity contribution in [1.29, 1.82) is 0 Å². The molecule has 4 heteroatoms. The van der Waals surface area contributed by atoms with E-state index in [1.807, 2.05) is 0 Å². The zero-order valence-corrected chi connectivity index (χ0v) is 10.9. The van der Waals surface area contributed by atoms with Crippen LogP contribution < -0.4 is 10.6 Å². The summed E-state index contributed by atoms with van der Waals surface area (Å²) >= 11 is 0. The van der Waals surface area contributed by atoms with Crippen LogP contribution in [0, 0.1) is 0 Å². The molecule has 3 N–H and O–H groups in total. The number of rotatable bonds is 4. The number of aliphatic hydroxyl groups is 1. The van der Waals surface area contributed by atoms with Crippen LogP contribution in [0.25, 0.3) is 0 Å². The Bertz CT molecular complexity index is 370. The largest absolute Gasteiger partial charge is 0.395 e. The van der Waals surface area contributed by atoms with Crippen LogP contribution in [0.1, 0.15) is 12.0 Å². The maximum Gasteiger partial charge on any atom is 0.0558 e. The summed E-state index contributed by atoms with van der Waals surface area (Å²) in [6.45, 7) is 5.84. The van der Waals surface area contributed by atoms with E-state index in [-0.39, 0.29) is 6.61 Å². The molecule has 0 aliphatic carbocycles. The van der Waals surface area contributed by atoms with Gasteiger partial charge in [0.2, 0.25) is 0 Å². The summed E-state index contributed by atoms with van der Waals surface area (Å²) < 4.78 is 0. The van der Waals surface area contributed by atoms with Gasteiger partial charge in [0.05, 0.1) is 6.61 Å². The molecule has 1 saturated heterocycles. The molecule has 1 aromatic carbocycles. The highest BCUT2D eigenvalue weighted by Gasteiger charge is 2.14. The van der Waals surface area contributed by atoms with Crippen molar-refractivity contribution in [2.24, 2.45) is 5.73 Å². The number of hydrogen-bond acceptors (Lipinski definition) is 4. The number of nitrogens with two attached hydrogens (primary N) is 1. The molecule has 1 aliphatic heterocycles. The Morgan fingerprint density at radius 1 is 1.17 bits per heavy atom. The fourth-order valence-corrected chi connectivity index (χ4v) is 2.47. The van der Waals surface area contributed by atoms with Crippen LogP contribution in [-0.4, -0.2) is 49.3 Å². The summed E-state index contributed by atoms with van der Waals surface area (Å²) in [5.74, 6) is 0. The standard InChI is InChI=1S/C14H23N3O/c15-12-13-3-1-4-14(11-13)17-6-2-5-16(7-8-17)9-10-18/h1,3-4,11,18H,2,5-10,12,15H2. The van der Waals surface area contributed by atoms with E-state index in [1.165, 1.54) is 11.3 Å². The van der Waals surface area contributed by atoms with Crippen LogP contribution in [0.15, 0.2) is 24.3 Å². The number of nitrogens with zero attached hydrogens (tertiary/aromatic N) is 2.